The van der Waals surface area contributed by atoms with Crippen molar-refractivity contribution in [2.24, 2.45) is 0 Å². The van der Waals surface area contributed by atoms with Gasteiger partial charge in [0, 0.05) is 68.4 Å². The van der Waals surface area contributed by atoms with Gasteiger partial charge in [0.2, 0.25) is 0 Å². The molecule has 2 nitrogen and oxygen atoms in total. The predicted molar refractivity (Wildman–Crippen MR) is 301 cm³/mol. The summed E-state index contributed by atoms with van der Waals surface area (Å²) >= 11 is 4.01. The van der Waals surface area contributed by atoms with E-state index in [0.717, 1.165) is 6.42 Å². The fraction of sp³-hybridized carbons (Fsp3) is 0.365. The van der Waals surface area contributed by atoms with Crippen LogP contribution in [0, 0.1) is 0 Å². The normalized spacial score (nSPS) is 25.7. The van der Waals surface area contributed by atoms with Crippen molar-refractivity contribution in [3.05, 3.63) is 149 Å². The topological polar surface area (TPSA) is 6.48 Å². The first-order valence-electron chi connectivity index (χ1n) is 25.9. The zero-order valence-corrected chi connectivity index (χ0v) is 43.3. The lowest BCUT2D eigenvalue weighted by atomic mass is 9.41. The first-order chi connectivity index (χ1) is 32.7. The minimum absolute atomic E-state index is 0.0145. The van der Waals surface area contributed by atoms with E-state index in [1.54, 1.807) is 16.7 Å². The summed E-state index contributed by atoms with van der Waals surface area (Å²) in [5.41, 5.74) is 17.4. The van der Waals surface area contributed by atoms with Gasteiger partial charge in [-0.1, -0.05) is 146 Å². The molecule has 7 aromatic rings. The average Bonchev–Trinajstić information content (AvgIpc) is 3.94. The van der Waals surface area contributed by atoms with Crippen LogP contribution in [-0.2, 0) is 22.7 Å². The third kappa shape index (κ3) is 5.64. The Balaban J connectivity index is 1.21. The number of fused-ring (bicyclic) bond motifs is 15. The smallest absolute Gasteiger partial charge is 0.329 e. The van der Waals surface area contributed by atoms with E-state index in [1.807, 2.05) is 22.7 Å². The first kappa shape index (κ1) is 43.0. The quantitative estimate of drug-likeness (QED) is 0.121. The van der Waals surface area contributed by atoms with Gasteiger partial charge in [-0.3, -0.25) is 0 Å². The maximum Gasteiger partial charge on any atom is 0.329 e. The molecule has 5 heteroatoms. The molecule has 0 radical (unpaired) electrons. The van der Waals surface area contributed by atoms with Crippen molar-refractivity contribution in [1.29, 1.82) is 0 Å². The van der Waals surface area contributed by atoms with Crippen LogP contribution in [0.25, 0.3) is 51.5 Å². The summed E-state index contributed by atoms with van der Waals surface area (Å²) in [7, 11) is 0. The largest absolute Gasteiger partial charge is 0.394 e. The number of hydrogen-bond acceptors (Lipinski definition) is 4. The molecule has 3 aliphatic heterocycles. The molecule has 3 atom stereocenters. The molecule has 3 aliphatic carbocycles. The highest BCUT2D eigenvalue weighted by molar-refractivity contribution is 7.26. The van der Waals surface area contributed by atoms with Gasteiger partial charge in [-0.15, -0.1) is 22.7 Å². The van der Waals surface area contributed by atoms with Crippen molar-refractivity contribution in [1.82, 2.24) is 0 Å². The summed E-state index contributed by atoms with van der Waals surface area (Å²) in [6.07, 6.45) is 31.5. The van der Waals surface area contributed by atoms with E-state index in [0.29, 0.717) is 0 Å². The van der Waals surface area contributed by atoms with Crippen LogP contribution in [-0.4, -0.2) is 17.9 Å². The fourth-order valence-electron chi connectivity index (χ4n) is 14.5. The minimum Gasteiger partial charge on any atom is -0.394 e. The molecule has 68 heavy (non-hydrogen) atoms. The predicted octanol–water partition coefficient (Wildman–Crippen LogP) is 16.7. The molecule has 0 saturated heterocycles. The maximum atomic E-state index is 2.95. The van der Waals surface area contributed by atoms with Crippen LogP contribution in [0.1, 0.15) is 136 Å². The van der Waals surface area contributed by atoms with Gasteiger partial charge in [0.25, 0.3) is 0 Å². The summed E-state index contributed by atoms with van der Waals surface area (Å²) < 4.78 is 5.59. The van der Waals surface area contributed by atoms with Gasteiger partial charge >= 0.3 is 6.85 Å². The van der Waals surface area contributed by atoms with E-state index in [1.165, 1.54) is 142 Å². The van der Waals surface area contributed by atoms with Crippen molar-refractivity contribution in [3.63, 3.8) is 0 Å². The van der Waals surface area contributed by atoms with Gasteiger partial charge in [0.1, 0.15) is 0 Å². The second kappa shape index (κ2) is 14.7. The second-order valence-corrected chi connectivity index (χ2v) is 25.5. The van der Waals surface area contributed by atoms with E-state index in [4.69, 9.17) is 0 Å². The van der Waals surface area contributed by atoms with Crippen molar-refractivity contribution in [3.8, 4) is 11.1 Å². The van der Waals surface area contributed by atoms with E-state index in [2.05, 4.69) is 193 Å². The van der Waals surface area contributed by atoms with Crippen LogP contribution >= 0.6 is 22.7 Å². The standard InChI is InChI=1S/C63H65BN2S2/c1-10-12-14-15-23-40-24-18-19-28-62(40,8)66-49-37-53-42(43-35-45-46(36-52(43)68-53)60(5,6)31-30-59(45,3)4)34-44(49)56-55-41-25-16-17-26-51(41)67-54(55)38-50-57(56)64(66)48-33-39(22-13-11-2)32-47-58(48)65(50)63(9)29-21-20-27-61(47,63)7/h10,12,14-19,23-26,28,32-38H,11,13,20-22,27,29-31H2,1-9H3/b12-10-,15-14-,40-23+. The van der Waals surface area contributed by atoms with Crippen molar-refractivity contribution >= 4 is 97.9 Å². The summed E-state index contributed by atoms with van der Waals surface area (Å²) in [6, 6.07) is 27.9. The lowest BCUT2D eigenvalue weighted by molar-refractivity contribution is 0.195. The molecule has 342 valence electrons. The van der Waals surface area contributed by atoms with Crippen LogP contribution in [0.15, 0.2) is 127 Å². The number of aryl methyl sites for hydroxylation is 1. The van der Waals surface area contributed by atoms with Crippen LogP contribution in [0.5, 0.6) is 0 Å². The highest BCUT2D eigenvalue weighted by Crippen LogP contribution is 2.64. The molecule has 0 bridgehead atoms. The molecule has 6 aliphatic rings. The number of anilines is 3. The zero-order valence-electron chi connectivity index (χ0n) is 41.7. The number of unbranched alkanes of at least 4 members (excludes halogenated alkanes) is 1. The van der Waals surface area contributed by atoms with E-state index in [9.17, 15) is 0 Å². The molecule has 0 spiro atoms. The number of allylic oxidation sites excluding steroid dienone is 7. The molecule has 5 heterocycles. The van der Waals surface area contributed by atoms with Crippen LogP contribution in [0.4, 0.5) is 17.1 Å². The minimum atomic E-state index is -0.472. The molecule has 2 aromatic heterocycles. The molecule has 1 saturated carbocycles. The molecule has 3 unspecified atom stereocenters. The second-order valence-electron chi connectivity index (χ2n) is 23.3. The lowest BCUT2D eigenvalue weighted by Gasteiger charge is -2.55. The van der Waals surface area contributed by atoms with Crippen LogP contribution in [0.3, 0.4) is 0 Å². The molecule has 0 N–H and O–H groups in total. The third-order valence-electron chi connectivity index (χ3n) is 18.5. The summed E-state index contributed by atoms with van der Waals surface area (Å²) in [5, 5.41) is 5.64. The Labute approximate surface area is 412 Å². The summed E-state index contributed by atoms with van der Waals surface area (Å²) in [6.45, 7) is 22.2. The Bertz CT molecular complexity index is 3500. The number of rotatable bonds is 6. The number of hydrogen-bond donors (Lipinski definition) is 0. The molecule has 5 aromatic carbocycles. The Kier molecular flexibility index (Phi) is 9.30. The van der Waals surface area contributed by atoms with Crippen molar-refractivity contribution in [2.75, 3.05) is 9.71 Å². The van der Waals surface area contributed by atoms with Gasteiger partial charge in [0.05, 0.1) is 11.1 Å². The molecule has 0 amide bonds. The van der Waals surface area contributed by atoms with Gasteiger partial charge < -0.3 is 9.71 Å². The summed E-state index contributed by atoms with van der Waals surface area (Å²) in [5.74, 6) is 0. The molecule has 1 fully saturated rings. The number of thiophene rings is 2. The average molecular weight is 925 g/mol. The highest BCUT2D eigenvalue weighted by atomic mass is 32.1. The Morgan fingerprint density at radius 3 is 2.24 bits per heavy atom. The molecular weight excluding hydrogens is 860 g/mol. The van der Waals surface area contributed by atoms with E-state index in [-0.39, 0.29) is 28.6 Å². The van der Waals surface area contributed by atoms with Crippen molar-refractivity contribution in [2.45, 2.75) is 147 Å². The number of benzene rings is 5. The molecule has 13 rings (SSSR count). The Morgan fingerprint density at radius 1 is 0.691 bits per heavy atom. The monoisotopic (exact) mass is 924 g/mol. The van der Waals surface area contributed by atoms with Crippen molar-refractivity contribution < 1.29 is 0 Å². The molecular formula is C63H65BN2S2. The van der Waals surface area contributed by atoms with E-state index < -0.39 is 5.54 Å². The van der Waals surface area contributed by atoms with Gasteiger partial charge in [0.15, 0.2) is 0 Å². The van der Waals surface area contributed by atoms with Gasteiger partial charge in [-0.2, -0.15) is 0 Å². The third-order valence-corrected chi connectivity index (χ3v) is 20.8. The lowest BCUT2D eigenvalue weighted by Crippen LogP contribution is -2.70. The highest BCUT2D eigenvalue weighted by Gasteiger charge is 2.63. The van der Waals surface area contributed by atoms with Gasteiger partial charge in [-0.05, 0) is 151 Å². The first-order valence-corrected chi connectivity index (χ1v) is 27.5. The number of nitrogens with zero attached hydrogens (tertiary/aromatic N) is 2. The SMILES string of the molecule is C\C=C/C=C\C=C1/C=CC=CC1(C)N1B2c3cc(CCCC)cc4c3N(c3cc5sc6ccccc6c5c(c32)-c2cc3c(cc21)sc1cc2c(cc13)C(C)(C)CCC2(C)C)C1(C)CCCCC41C. The fourth-order valence-corrected chi connectivity index (χ4v) is 16.7. The summed E-state index contributed by atoms with van der Waals surface area (Å²) in [4.78, 5) is 5.88. The van der Waals surface area contributed by atoms with E-state index >= 15 is 0 Å². The Morgan fingerprint density at radius 2 is 1.43 bits per heavy atom. The van der Waals surface area contributed by atoms with Crippen LogP contribution in [0.2, 0.25) is 0 Å². The van der Waals surface area contributed by atoms with Gasteiger partial charge in [-0.25, -0.2) is 0 Å². The Hall–Kier alpha value is -5.10. The van der Waals surface area contributed by atoms with Crippen LogP contribution < -0.4 is 20.6 Å². The maximum absolute atomic E-state index is 2.95. The zero-order chi connectivity index (χ0) is 46.7.